The van der Waals surface area contributed by atoms with Gasteiger partial charge in [0.15, 0.2) is 5.84 Å². The molecule has 3 amide bonds. The summed E-state index contributed by atoms with van der Waals surface area (Å²) in [5.74, 6) is 0.399. The van der Waals surface area contributed by atoms with Crippen LogP contribution in [0.2, 0.25) is 0 Å². The molecule has 3 rings (SSSR count). The predicted octanol–water partition coefficient (Wildman–Crippen LogP) is 0.814. The Kier molecular flexibility index (Phi) is 4.63. The van der Waals surface area contributed by atoms with E-state index in [-0.39, 0.29) is 18.0 Å². The number of hydrogen-bond acceptors (Lipinski definition) is 5. The van der Waals surface area contributed by atoms with Crippen LogP contribution in [-0.4, -0.2) is 67.4 Å². The first-order valence-electron chi connectivity index (χ1n) is 8.24. The van der Waals surface area contributed by atoms with E-state index >= 15 is 0 Å². The van der Waals surface area contributed by atoms with Gasteiger partial charge in [0.2, 0.25) is 0 Å². The second-order valence-electron chi connectivity index (χ2n) is 6.44. The van der Waals surface area contributed by atoms with E-state index in [0.29, 0.717) is 18.1 Å². The van der Waals surface area contributed by atoms with E-state index in [1.807, 2.05) is 31.1 Å². The molecule has 134 valence electrons. The summed E-state index contributed by atoms with van der Waals surface area (Å²) in [7, 11) is 5.20. The van der Waals surface area contributed by atoms with E-state index in [2.05, 4.69) is 5.16 Å². The summed E-state index contributed by atoms with van der Waals surface area (Å²) in [6, 6.07) is 5.96. The minimum Gasteiger partial charge on any atom is -0.397 e. The minimum atomic E-state index is -0.548. The highest BCUT2D eigenvalue weighted by atomic mass is 16.6. The Hall–Kier alpha value is -2.61. The van der Waals surface area contributed by atoms with Crippen molar-refractivity contribution in [2.75, 3.05) is 32.6 Å². The summed E-state index contributed by atoms with van der Waals surface area (Å²) >= 11 is 0. The molecule has 0 aliphatic carbocycles. The fraction of sp³-hybridized carbons (Fsp3) is 0.471. The molecule has 1 aromatic carbocycles. The first-order valence-corrected chi connectivity index (χ1v) is 8.24. The summed E-state index contributed by atoms with van der Waals surface area (Å²) in [4.78, 5) is 34.9. The molecule has 2 aliphatic rings. The molecule has 0 spiro atoms. The number of fused-ring (bicyclic) bond motifs is 1. The van der Waals surface area contributed by atoms with Gasteiger partial charge in [-0.05, 0) is 37.1 Å². The fourth-order valence-corrected chi connectivity index (χ4v) is 3.39. The third kappa shape index (κ3) is 2.93. The Bertz CT molecular complexity index is 701. The summed E-state index contributed by atoms with van der Waals surface area (Å²) in [5, 5.41) is 3.99. The molecule has 0 aromatic heterocycles. The molecular weight excluding hydrogens is 322 g/mol. The summed E-state index contributed by atoms with van der Waals surface area (Å²) in [6.45, 7) is 0.572. The zero-order chi connectivity index (χ0) is 18.1. The van der Waals surface area contributed by atoms with E-state index in [0.717, 1.165) is 18.4 Å². The highest BCUT2D eigenvalue weighted by Gasteiger charge is 2.49. The second-order valence-corrected chi connectivity index (χ2v) is 6.44. The number of benzene rings is 1. The summed E-state index contributed by atoms with van der Waals surface area (Å²) < 4.78 is 0. The smallest absolute Gasteiger partial charge is 0.332 e. The monoisotopic (exact) mass is 345 g/mol. The number of amidine groups is 1. The van der Waals surface area contributed by atoms with E-state index in [1.54, 1.807) is 17.0 Å². The molecular formula is C17H23N5O3. The average molecular weight is 345 g/mol. The van der Waals surface area contributed by atoms with Crippen LogP contribution in [-0.2, 0) is 9.63 Å². The van der Waals surface area contributed by atoms with Crippen LogP contribution in [0.15, 0.2) is 29.4 Å². The van der Waals surface area contributed by atoms with Crippen LogP contribution in [0.3, 0.4) is 0 Å². The van der Waals surface area contributed by atoms with E-state index in [4.69, 9.17) is 10.6 Å². The van der Waals surface area contributed by atoms with Gasteiger partial charge in [-0.2, -0.15) is 0 Å². The quantitative estimate of drug-likeness (QED) is 0.379. The highest BCUT2D eigenvalue weighted by molar-refractivity contribution is 6.21. The van der Waals surface area contributed by atoms with Crippen LogP contribution < -0.4 is 10.6 Å². The number of carbonyl (C=O) groups is 2. The first kappa shape index (κ1) is 17.2. The van der Waals surface area contributed by atoms with Gasteiger partial charge in [0, 0.05) is 32.2 Å². The predicted molar refractivity (Wildman–Crippen MR) is 94.3 cm³/mol. The van der Waals surface area contributed by atoms with Crippen LogP contribution in [0, 0.1) is 0 Å². The molecule has 0 saturated carbocycles. The van der Waals surface area contributed by atoms with Crippen molar-refractivity contribution in [1.82, 2.24) is 9.80 Å². The number of rotatable bonds is 3. The van der Waals surface area contributed by atoms with Gasteiger partial charge in [-0.15, -0.1) is 0 Å². The van der Waals surface area contributed by atoms with Crippen molar-refractivity contribution in [2.24, 2.45) is 10.9 Å². The van der Waals surface area contributed by atoms with E-state index in [9.17, 15) is 9.59 Å². The Morgan fingerprint density at radius 3 is 2.52 bits per heavy atom. The Morgan fingerprint density at radius 2 is 1.96 bits per heavy atom. The van der Waals surface area contributed by atoms with Crippen LogP contribution in [0.5, 0.6) is 0 Å². The first-order chi connectivity index (χ1) is 12.0. The van der Waals surface area contributed by atoms with Crippen molar-refractivity contribution >= 4 is 23.5 Å². The molecule has 2 N–H and O–H groups in total. The van der Waals surface area contributed by atoms with Crippen LogP contribution in [0.4, 0.5) is 10.5 Å². The number of hydrogen-bond donors (Lipinski definition) is 1. The van der Waals surface area contributed by atoms with Gasteiger partial charge in [-0.25, -0.2) is 9.69 Å². The molecule has 2 atom stereocenters. The van der Waals surface area contributed by atoms with Gasteiger partial charge in [-0.3, -0.25) is 4.79 Å². The van der Waals surface area contributed by atoms with Gasteiger partial charge < -0.3 is 20.4 Å². The van der Waals surface area contributed by atoms with Crippen LogP contribution in [0.25, 0.3) is 0 Å². The number of imide groups is 1. The molecule has 0 unspecified atom stereocenters. The lowest BCUT2D eigenvalue weighted by Gasteiger charge is -2.31. The number of anilines is 1. The second kappa shape index (κ2) is 6.72. The van der Waals surface area contributed by atoms with Gasteiger partial charge >= 0.3 is 6.03 Å². The number of nitrogens with two attached hydrogens (primary N) is 1. The minimum absolute atomic E-state index is 0.247. The number of oxime groups is 1. The molecule has 2 heterocycles. The molecule has 0 bridgehead atoms. The van der Waals surface area contributed by atoms with Crippen LogP contribution in [0.1, 0.15) is 18.4 Å². The number of carbonyl (C=O) groups excluding carboxylic acids is 2. The third-order valence-electron chi connectivity index (χ3n) is 4.57. The number of urea groups is 1. The molecule has 2 fully saturated rings. The Morgan fingerprint density at radius 1 is 1.28 bits per heavy atom. The Balaban J connectivity index is 1.89. The average Bonchev–Trinajstić information content (AvgIpc) is 2.85. The molecule has 25 heavy (non-hydrogen) atoms. The third-order valence-corrected chi connectivity index (χ3v) is 4.57. The maximum atomic E-state index is 12.7. The fourth-order valence-electron chi connectivity index (χ4n) is 3.39. The number of piperidine rings is 1. The van der Waals surface area contributed by atoms with Crippen molar-refractivity contribution in [3.63, 3.8) is 0 Å². The van der Waals surface area contributed by atoms with Crippen molar-refractivity contribution in [3.8, 4) is 0 Å². The summed E-state index contributed by atoms with van der Waals surface area (Å²) in [6.07, 6.45) is 1.58. The molecule has 8 heteroatoms. The SMILES string of the molecule is CON=C(c1ccc(N2C(=O)[C@@H]3[C@H](N)CCCN3C2=O)cc1)N(C)C. The molecule has 2 aliphatic heterocycles. The highest BCUT2D eigenvalue weighted by Crippen LogP contribution is 2.30. The zero-order valence-electron chi connectivity index (χ0n) is 14.7. The topological polar surface area (TPSA) is 91.5 Å². The largest absolute Gasteiger partial charge is 0.397 e. The lowest BCUT2D eigenvalue weighted by Crippen LogP contribution is -2.52. The lowest BCUT2D eigenvalue weighted by molar-refractivity contribution is -0.120. The molecule has 0 radical (unpaired) electrons. The van der Waals surface area contributed by atoms with Gasteiger partial charge in [0.1, 0.15) is 13.2 Å². The van der Waals surface area contributed by atoms with Gasteiger partial charge in [0.05, 0.1) is 5.69 Å². The number of nitrogens with zero attached hydrogens (tertiary/aromatic N) is 4. The van der Waals surface area contributed by atoms with Crippen molar-refractivity contribution in [1.29, 1.82) is 0 Å². The van der Waals surface area contributed by atoms with Crippen molar-refractivity contribution < 1.29 is 14.4 Å². The maximum absolute atomic E-state index is 12.7. The Labute approximate surface area is 146 Å². The zero-order valence-corrected chi connectivity index (χ0v) is 14.7. The van der Waals surface area contributed by atoms with E-state index in [1.165, 1.54) is 12.0 Å². The maximum Gasteiger partial charge on any atom is 0.332 e. The van der Waals surface area contributed by atoms with Gasteiger partial charge in [-0.1, -0.05) is 5.16 Å². The number of amides is 3. The molecule has 2 saturated heterocycles. The van der Waals surface area contributed by atoms with Gasteiger partial charge in [0.25, 0.3) is 5.91 Å². The molecule has 8 nitrogen and oxygen atoms in total. The molecule has 1 aromatic rings. The normalized spacial score (nSPS) is 23.8. The van der Waals surface area contributed by atoms with Crippen molar-refractivity contribution in [2.45, 2.75) is 24.9 Å². The lowest BCUT2D eigenvalue weighted by atomic mass is 9.98. The standard InChI is InChI=1S/C17H23N5O3/c1-20(2)15(19-25-3)11-6-8-12(9-7-11)22-16(23)14-13(18)5-4-10-21(14)17(22)24/h6-9,13-14H,4-5,10,18H2,1-3H3/t13-,14+/m1/s1. The van der Waals surface area contributed by atoms with E-state index < -0.39 is 6.04 Å². The van der Waals surface area contributed by atoms with Crippen LogP contribution >= 0.6 is 0 Å². The summed E-state index contributed by atoms with van der Waals surface area (Å²) in [5.41, 5.74) is 7.43. The van der Waals surface area contributed by atoms with Crippen molar-refractivity contribution in [3.05, 3.63) is 29.8 Å².